The molecule has 3 aromatic carbocycles. The monoisotopic (exact) mass is 464 g/mol. The Bertz CT molecular complexity index is 1050. The summed E-state index contributed by atoms with van der Waals surface area (Å²) in [4.78, 5) is 5.55. The van der Waals surface area contributed by atoms with E-state index in [0.29, 0.717) is 18.1 Å². The third-order valence-corrected chi connectivity index (χ3v) is 7.28. The van der Waals surface area contributed by atoms with Crippen molar-refractivity contribution in [2.45, 2.75) is 51.2 Å². The van der Waals surface area contributed by atoms with Gasteiger partial charge in [0.05, 0.1) is 0 Å². The summed E-state index contributed by atoms with van der Waals surface area (Å²) in [6.45, 7) is 2.32. The van der Waals surface area contributed by atoms with Crippen LogP contribution in [0.3, 0.4) is 0 Å². The summed E-state index contributed by atoms with van der Waals surface area (Å²) in [5.41, 5.74) is 4.53. The SMILES string of the molecule is C.C1=C\C[C@H]2CN(c3ccc4ccccc4c3)[C@@H](C/1)CN2C1Cc2ccccc2C1.S.S. The molecule has 1 fully saturated rings. The van der Waals surface area contributed by atoms with Crippen LogP contribution in [-0.4, -0.2) is 36.1 Å². The number of anilines is 1. The van der Waals surface area contributed by atoms with Crippen molar-refractivity contribution in [3.05, 3.63) is 90.0 Å². The molecule has 3 aromatic rings. The molecule has 2 bridgehead atoms. The van der Waals surface area contributed by atoms with E-state index in [1.807, 2.05) is 0 Å². The molecule has 170 valence electrons. The van der Waals surface area contributed by atoms with Crippen LogP contribution in [-0.2, 0) is 12.8 Å². The molecule has 0 unspecified atom stereocenters. The van der Waals surface area contributed by atoms with E-state index in [4.69, 9.17) is 0 Å². The van der Waals surface area contributed by atoms with Crippen molar-refractivity contribution in [2.75, 3.05) is 18.0 Å². The molecule has 4 aliphatic rings. The average Bonchev–Trinajstić information content (AvgIpc) is 3.17. The van der Waals surface area contributed by atoms with E-state index in [0.717, 1.165) is 13.0 Å². The summed E-state index contributed by atoms with van der Waals surface area (Å²) in [5, 5.41) is 2.68. The zero-order valence-corrected chi connectivity index (χ0v) is 19.9. The highest BCUT2D eigenvalue weighted by molar-refractivity contribution is 7.59. The van der Waals surface area contributed by atoms with Crippen molar-refractivity contribution in [1.29, 1.82) is 0 Å². The maximum absolute atomic E-state index is 2.85. The van der Waals surface area contributed by atoms with Gasteiger partial charge in [0.15, 0.2) is 0 Å². The summed E-state index contributed by atoms with van der Waals surface area (Å²) < 4.78 is 0. The predicted octanol–water partition coefficient (Wildman–Crippen LogP) is 6.08. The molecular formula is C28H36N2S2. The van der Waals surface area contributed by atoms with Gasteiger partial charge in [-0.15, -0.1) is 0 Å². The Morgan fingerprint density at radius 1 is 0.625 bits per heavy atom. The van der Waals surface area contributed by atoms with Crippen molar-refractivity contribution in [3.8, 4) is 0 Å². The standard InChI is InChI=1S/C27H28N2.CH4.2H2S/c1-2-8-21-15-24(14-13-20(21)7-1)28-18-26-12-6-5-11-25(28)19-29(26)27-16-22-9-3-4-10-23(22)17-27;;;/h1-10,13-15,25-27H,11-12,16-19H2;1H4;2*1H2/b6-5-;;;/t25-,26-;;;/m0.../s1. The lowest BCUT2D eigenvalue weighted by atomic mass is 9.94. The quantitative estimate of drug-likeness (QED) is 0.424. The summed E-state index contributed by atoms with van der Waals surface area (Å²) in [6, 6.07) is 26.6. The normalized spacial score (nSPS) is 23.3. The number of rotatable bonds is 2. The smallest absolute Gasteiger partial charge is 0.0452 e. The van der Waals surface area contributed by atoms with Gasteiger partial charge in [0.2, 0.25) is 0 Å². The number of benzene rings is 3. The van der Waals surface area contributed by atoms with E-state index in [-0.39, 0.29) is 34.4 Å². The molecule has 4 heteroatoms. The van der Waals surface area contributed by atoms with Crippen LogP contribution in [0.2, 0.25) is 0 Å². The molecule has 1 aliphatic carbocycles. The molecule has 0 radical (unpaired) electrons. The lowest BCUT2D eigenvalue weighted by Gasteiger charge is -2.50. The van der Waals surface area contributed by atoms with Crippen LogP contribution >= 0.6 is 27.0 Å². The van der Waals surface area contributed by atoms with Gasteiger partial charge in [-0.1, -0.05) is 74.2 Å². The second-order valence-corrected chi connectivity index (χ2v) is 8.96. The largest absolute Gasteiger partial charge is 0.365 e. The molecule has 0 spiro atoms. The van der Waals surface area contributed by atoms with Crippen LogP contribution < -0.4 is 4.90 Å². The number of hydrogen-bond acceptors (Lipinski definition) is 2. The maximum atomic E-state index is 2.85. The van der Waals surface area contributed by atoms with Crippen LogP contribution in [0.4, 0.5) is 5.69 Å². The second-order valence-electron chi connectivity index (χ2n) is 8.96. The fraction of sp³-hybridized carbons (Fsp3) is 0.357. The number of piperazine rings is 1. The number of hydrogen-bond donors (Lipinski definition) is 0. The van der Waals surface area contributed by atoms with E-state index in [1.54, 1.807) is 11.1 Å². The fourth-order valence-electron chi connectivity index (χ4n) is 5.78. The summed E-state index contributed by atoms with van der Waals surface area (Å²) in [7, 11) is 0. The van der Waals surface area contributed by atoms with Gasteiger partial charge in [0.25, 0.3) is 0 Å². The van der Waals surface area contributed by atoms with E-state index < -0.39 is 0 Å². The Hall–Kier alpha value is -1.88. The minimum Gasteiger partial charge on any atom is -0.365 e. The van der Waals surface area contributed by atoms with Crippen LogP contribution in [0.5, 0.6) is 0 Å². The van der Waals surface area contributed by atoms with Crippen molar-refractivity contribution in [1.82, 2.24) is 4.90 Å². The Kier molecular flexibility index (Phi) is 8.02. The Balaban J connectivity index is 0.000000963. The molecular weight excluding hydrogens is 428 g/mol. The Morgan fingerprint density at radius 3 is 1.97 bits per heavy atom. The Morgan fingerprint density at radius 2 is 1.25 bits per heavy atom. The maximum Gasteiger partial charge on any atom is 0.0452 e. The van der Waals surface area contributed by atoms with Gasteiger partial charge < -0.3 is 4.90 Å². The summed E-state index contributed by atoms with van der Waals surface area (Å²) in [5.74, 6) is 0. The van der Waals surface area contributed by atoms with Gasteiger partial charge in [-0.2, -0.15) is 27.0 Å². The van der Waals surface area contributed by atoms with Crippen molar-refractivity contribution in [3.63, 3.8) is 0 Å². The average molecular weight is 465 g/mol. The fourth-order valence-corrected chi connectivity index (χ4v) is 5.78. The third kappa shape index (κ3) is 4.46. The van der Waals surface area contributed by atoms with E-state index in [1.165, 1.54) is 42.3 Å². The minimum absolute atomic E-state index is 0. The van der Waals surface area contributed by atoms with Crippen LogP contribution in [0.1, 0.15) is 31.4 Å². The van der Waals surface area contributed by atoms with Crippen LogP contribution in [0, 0.1) is 0 Å². The zero-order valence-electron chi connectivity index (χ0n) is 17.9. The van der Waals surface area contributed by atoms with E-state index >= 15 is 0 Å². The number of fused-ring (bicyclic) bond motifs is 6. The molecule has 0 aromatic heterocycles. The first kappa shape index (κ1) is 24.8. The lowest BCUT2D eigenvalue weighted by Crippen LogP contribution is -2.61. The van der Waals surface area contributed by atoms with Gasteiger partial charge in [-0.25, -0.2) is 0 Å². The molecule has 2 atom stereocenters. The molecule has 3 heterocycles. The van der Waals surface area contributed by atoms with E-state index in [9.17, 15) is 0 Å². The topological polar surface area (TPSA) is 6.48 Å². The molecule has 1 saturated heterocycles. The third-order valence-electron chi connectivity index (χ3n) is 7.28. The second kappa shape index (κ2) is 10.4. The van der Waals surface area contributed by atoms with Crippen molar-refractivity contribution >= 4 is 43.5 Å². The van der Waals surface area contributed by atoms with Crippen LogP contribution in [0.25, 0.3) is 10.8 Å². The predicted molar refractivity (Wildman–Crippen MR) is 149 cm³/mol. The minimum atomic E-state index is 0. The molecule has 0 N–H and O–H groups in total. The van der Waals surface area contributed by atoms with Gasteiger partial charge >= 0.3 is 0 Å². The molecule has 3 aliphatic heterocycles. The first-order valence-electron chi connectivity index (χ1n) is 11.1. The van der Waals surface area contributed by atoms with Crippen molar-refractivity contribution in [2.24, 2.45) is 0 Å². The summed E-state index contributed by atoms with van der Waals surface area (Å²) >= 11 is 0. The highest BCUT2D eigenvalue weighted by atomic mass is 32.1. The molecule has 2 nitrogen and oxygen atoms in total. The van der Waals surface area contributed by atoms with Gasteiger partial charge in [-0.05, 0) is 59.7 Å². The number of nitrogens with zero attached hydrogens (tertiary/aromatic N) is 2. The lowest BCUT2D eigenvalue weighted by molar-refractivity contribution is 0.0996. The first-order valence-corrected chi connectivity index (χ1v) is 11.1. The Labute approximate surface area is 207 Å². The van der Waals surface area contributed by atoms with Gasteiger partial charge in [0, 0.05) is 36.9 Å². The highest BCUT2D eigenvalue weighted by Crippen LogP contribution is 2.35. The molecule has 32 heavy (non-hydrogen) atoms. The van der Waals surface area contributed by atoms with E-state index in [2.05, 4.69) is 88.7 Å². The summed E-state index contributed by atoms with van der Waals surface area (Å²) in [6.07, 6.45) is 9.62. The first-order chi connectivity index (χ1) is 14.3. The molecule has 0 saturated carbocycles. The molecule has 7 rings (SSSR count). The van der Waals surface area contributed by atoms with Gasteiger partial charge in [-0.3, -0.25) is 4.90 Å². The van der Waals surface area contributed by atoms with Crippen molar-refractivity contribution < 1.29 is 0 Å². The van der Waals surface area contributed by atoms with Gasteiger partial charge in [0.1, 0.15) is 0 Å². The molecule has 0 amide bonds. The highest BCUT2D eigenvalue weighted by Gasteiger charge is 2.39. The van der Waals surface area contributed by atoms with Crippen LogP contribution in [0.15, 0.2) is 78.9 Å². The zero-order chi connectivity index (χ0) is 19.2.